The molecular formula is C26H36N6OS2. The van der Waals surface area contributed by atoms with Crippen LogP contribution in [-0.4, -0.2) is 53.7 Å². The number of thiazole rings is 1. The number of rotatable bonds is 8. The summed E-state index contributed by atoms with van der Waals surface area (Å²) in [6.07, 6.45) is 6.82. The molecule has 2 aliphatic carbocycles. The SMILES string of the molecule is Cc1nc(NCCSC(C)(C)C)nc(NC2CCC(C3(O)CC3)C2)c1-c1nc2c(C)nccc2s1. The number of aryl methyl sites for hydroxylation is 2. The molecule has 0 saturated heterocycles. The number of aliphatic hydroxyl groups is 1. The van der Waals surface area contributed by atoms with E-state index in [1.807, 2.05) is 37.9 Å². The molecule has 0 aromatic carbocycles. The Bertz CT molecular complexity index is 1220. The second kappa shape index (κ2) is 9.48. The van der Waals surface area contributed by atoms with Crippen LogP contribution in [0.4, 0.5) is 11.8 Å². The number of fused-ring (bicyclic) bond motifs is 1. The second-order valence-electron chi connectivity index (χ2n) is 11.0. The summed E-state index contributed by atoms with van der Waals surface area (Å²) in [5.41, 5.74) is 3.33. The Labute approximate surface area is 216 Å². The summed E-state index contributed by atoms with van der Waals surface area (Å²) in [4.78, 5) is 19.1. The van der Waals surface area contributed by atoms with Crippen molar-refractivity contribution in [2.45, 2.75) is 83.1 Å². The smallest absolute Gasteiger partial charge is 0.224 e. The number of hydrogen-bond acceptors (Lipinski definition) is 9. The average molecular weight is 513 g/mol. The average Bonchev–Trinajstić information content (AvgIpc) is 3.18. The van der Waals surface area contributed by atoms with Crippen LogP contribution in [0.15, 0.2) is 12.3 Å². The lowest BCUT2D eigenvalue weighted by molar-refractivity contribution is 0.0847. The summed E-state index contributed by atoms with van der Waals surface area (Å²) >= 11 is 3.59. The second-order valence-corrected chi connectivity index (χ2v) is 13.9. The topological polar surface area (TPSA) is 95.9 Å². The fourth-order valence-corrected chi connectivity index (χ4v) is 6.88. The van der Waals surface area contributed by atoms with Gasteiger partial charge in [0.25, 0.3) is 0 Å². The lowest BCUT2D eigenvalue weighted by atomic mass is 9.98. The number of nitrogens with one attached hydrogen (secondary N) is 2. The summed E-state index contributed by atoms with van der Waals surface area (Å²) in [6, 6.07) is 2.31. The Morgan fingerprint density at radius 2 is 1.94 bits per heavy atom. The predicted octanol–water partition coefficient (Wildman–Crippen LogP) is 5.81. The quantitative estimate of drug-likeness (QED) is 0.325. The first-order valence-corrected chi connectivity index (χ1v) is 14.4. The van der Waals surface area contributed by atoms with Gasteiger partial charge in [0.1, 0.15) is 16.3 Å². The minimum Gasteiger partial charge on any atom is -0.390 e. The Kier molecular flexibility index (Phi) is 6.70. The van der Waals surface area contributed by atoms with Crippen LogP contribution in [0.25, 0.3) is 20.8 Å². The van der Waals surface area contributed by atoms with E-state index in [-0.39, 0.29) is 4.75 Å². The molecular weight excluding hydrogens is 476 g/mol. The van der Waals surface area contributed by atoms with Crippen molar-refractivity contribution in [3.8, 4) is 10.6 Å². The third kappa shape index (κ3) is 5.57. The molecule has 2 atom stereocenters. The van der Waals surface area contributed by atoms with E-state index in [0.29, 0.717) is 17.9 Å². The van der Waals surface area contributed by atoms with E-state index in [1.54, 1.807) is 11.3 Å². The maximum absolute atomic E-state index is 10.6. The number of thioether (sulfide) groups is 1. The molecule has 0 aliphatic heterocycles. The summed E-state index contributed by atoms with van der Waals surface area (Å²) in [5.74, 6) is 2.86. The van der Waals surface area contributed by atoms with E-state index in [4.69, 9.17) is 15.0 Å². The van der Waals surface area contributed by atoms with Crippen LogP contribution in [0.1, 0.15) is 64.3 Å². The maximum Gasteiger partial charge on any atom is 0.224 e. The lowest BCUT2D eigenvalue weighted by Crippen LogP contribution is -2.23. The first-order chi connectivity index (χ1) is 16.6. The Hall–Kier alpha value is -1.97. The Balaban J connectivity index is 1.43. The standard InChI is InChI=1S/C26H36N6OS2/c1-15-20(23-31-21-16(2)27-11-8-19(21)35-23)22(30-18-7-6-17(14-18)26(33)9-10-26)32-24(29-15)28-12-13-34-25(3,4)5/h8,11,17-18,33H,6-7,9-10,12-14H2,1-5H3,(H2,28,29,30,32). The van der Waals surface area contributed by atoms with Crippen LogP contribution < -0.4 is 10.6 Å². The molecule has 3 aromatic rings. The highest BCUT2D eigenvalue weighted by Gasteiger charge is 2.50. The molecule has 5 rings (SSSR count). The van der Waals surface area contributed by atoms with Gasteiger partial charge in [0, 0.05) is 29.3 Å². The van der Waals surface area contributed by atoms with Crippen LogP contribution in [0.3, 0.4) is 0 Å². The summed E-state index contributed by atoms with van der Waals surface area (Å²) in [7, 11) is 0. The van der Waals surface area contributed by atoms with Crippen molar-refractivity contribution in [2.75, 3.05) is 22.9 Å². The van der Waals surface area contributed by atoms with E-state index < -0.39 is 5.60 Å². The predicted molar refractivity (Wildman–Crippen MR) is 148 cm³/mol. The molecule has 0 bridgehead atoms. The number of hydrogen-bond donors (Lipinski definition) is 3. The molecule has 0 spiro atoms. The van der Waals surface area contributed by atoms with Crippen LogP contribution in [0.5, 0.6) is 0 Å². The van der Waals surface area contributed by atoms with Crippen molar-refractivity contribution in [1.29, 1.82) is 0 Å². The monoisotopic (exact) mass is 512 g/mol. The highest BCUT2D eigenvalue weighted by molar-refractivity contribution is 8.00. The van der Waals surface area contributed by atoms with Crippen LogP contribution in [0, 0.1) is 19.8 Å². The van der Waals surface area contributed by atoms with Gasteiger partial charge in [-0.1, -0.05) is 20.8 Å². The fraction of sp³-hybridized carbons (Fsp3) is 0.615. The van der Waals surface area contributed by atoms with Crippen molar-refractivity contribution >= 4 is 45.1 Å². The molecule has 3 N–H and O–H groups in total. The summed E-state index contributed by atoms with van der Waals surface area (Å²) in [6.45, 7) is 11.5. The van der Waals surface area contributed by atoms with Crippen molar-refractivity contribution < 1.29 is 5.11 Å². The minimum absolute atomic E-state index is 0.236. The zero-order valence-electron chi connectivity index (χ0n) is 21.3. The molecule has 0 radical (unpaired) electrons. The van der Waals surface area contributed by atoms with Gasteiger partial charge in [-0.25, -0.2) is 9.97 Å². The van der Waals surface area contributed by atoms with Crippen molar-refractivity contribution in [2.24, 2.45) is 5.92 Å². The molecule has 2 saturated carbocycles. The van der Waals surface area contributed by atoms with Gasteiger partial charge in [0.15, 0.2) is 0 Å². The largest absolute Gasteiger partial charge is 0.390 e. The van der Waals surface area contributed by atoms with E-state index >= 15 is 0 Å². The van der Waals surface area contributed by atoms with Gasteiger partial charge in [-0.05, 0) is 57.9 Å². The molecule has 2 aliphatic rings. The molecule has 3 heterocycles. The van der Waals surface area contributed by atoms with Gasteiger partial charge < -0.3 is 15.7 Å². The van der Waals surface area contributed by atoms with E-state index in [9.17, 15) is 5.11 Å². The van der Waals surface area contributed by atoms with Gasteiger partial charge in [-0.2, -0.15) is 16.7 Å². The third-order valence-electron chi connectivity index (χ3n) is 7.01. The van der Waals surface area contributed by atoms with Crippen LogP contribution >= 0.6 is 23.1 Å². The fourth-order valence-electron chi connectivity index (χ4n) is 4.95. The zero-order chi connectivity index (χ0) is 24.8. The van der Waals surface area contributed by atoms with E-state index in [0.717, 1.165) is 82.4 Å². The maximum atomic E-state index is 10.6. The van der Waals surface area contributed by atoms with E-state index in [1.165, 1.54) is 0 Å². The molecule has 188 valence electrons. The summed E-state index contributed by atoms with van der Waals surface area (Å²) < 4.78 is 1.36. The third-order valence-corrected chi connectivity index (χ3v) is 9.32. The molecule has 35 heavy (non-hydrogen) atoms. The van der Waals surface area contributed by atoms with Gasteiger partial charge in [-0.15, -0.1) is 11.3 Å². The van der Waals surface area contributed by atoms with Crippen molar-refractivity contribution in [3.63, 3.8) is 0 Å². The highest BCUT2D eigenvalue weighted by Crippen LogP contribution is 2.49. The van der Waals surface area contributed by atoms with Crippen LogP contribution in [0.2, 0.25) is 0 Å². The first kappa shape index (κ1) is 24.7. The molecule has 0 amide bonds. The van der Waals surface area contributed by atoms with Gasteiger partial charge in [0.2, 0.25) is 5.95 Å². The number of aromatic nitrogens is 4. The van der Waals surface area contributed by atoms with Gasteiger partial charge in [0.05, 0.1) is 27.3 Å². The highest BCUT2D eigenvalue weighted by atomic mass is 32.2. The molecule has 2 fully saturated rings. The normalized spacial score (nSPS) is 21.4. The van der Waals surface area contributed by atoms with E-state index in [2.05, 4.69) is 36.4 Å². The zero-order valence-corrected chi connectivity index (χ0v) is 22.9. The van der Waals surface area contributed by atoms with Gasteiger partial charge in [-0.3, -0.25) is 4.98 Å². The van der Waals surface area contributed by atoms with Crippen molar-refractivity contribution in [3.05, 3.63) is 23.7 Å². The lowest BCUT2D eigenvalue weighted by Gasteiger charge is -2.20. The summed E-state index contributed by atoms with van der Waals surface area (Å²) in [5, 5.41) is 18.7. The molecule has 3 aromatic heterocycles. The molecule has 9 heteroatoms. The number of anilines is 2. The first-order valence-electron chi connectivity index (χ1n) is 12.6. The number of nitrogens with zero attached hydrogens (tertiary/aromatic N) is 4. The molecule has 2 unspecified atom stereocenters. The van der Waals surface area contributed by atoms with Crippen LogP contribution in [-0.2, 0) is 0 Å². The van der Waals surface area contributed by atoms with Crippen molar-refractivity contribution in [1.82, 2.24) is 19.9 Å². The Morgan fingerprint density at radius 1 is 1.14 bits per heavy atom. The number of pyridine rings is 1. The molecule has 7 nitrogen and oxygen atoms in total. The van der Waals surface area contributed by atoms with Gasteiger partial charge >= 0.3 is 0 Å². The minimum atomic E-state index is -0.421. The Morgan fingerprint density at radius 3 is 2.66 bits per heavy atom.